The Morgan fingerprint density at radius 2 is 2.06 bits per heavy atom. The molecule has 0 aromatic rings. The van der Waals surface area contributed by atoms with Crippen LogP contribution in [0.15, 0.2) is 0 Å². The van der Waals surface area contributed by atoms with Gasteiger partial charge in [0.05, 0.1) is 11.9 Å². The van der Waals surface area contributed by atoms with E-state index in [0.717, 1.165) is 25.2 Å². The predicted octanol–water partition coefficient (Wildman–Crippen LogP) is 1.65. The fourth-order valence-electron chi connectivity index (χ4n) is 2.19. The molecule has 0 aromatic carbocycles. The molecule has 16 heavy (non-hydrogen) atoms. The summed E-state index contributed by atoms with van der Waals surface area (Å²) in [6.45, 7) is 2.92. The smallest absolute Gasteiger partial charge is 0.209 e. The molecule has 0 amide bonds. The zero-order valence-electron chi connectivity index (χ0n) is 10.0. The minimum absolute atomic E-state index is 0.0669. The standard InChI is InChI=1S/C11H23NO3S/c1-10-5-4-6-11(9-10)15-7-2-3-8-16(12,13)14/h10-11H,2-9H2,1H3,(H2,12,13,14). The summed E-state index contributed by atoms with van der Waals surface area (Å²) in [5, 5.41) is 4.91. The van der Waals surface area contributed by atoms with Crippen LogP contribution in [0.25, 0.3) is 0 Å². The average Bonchev–Trinajstić information content (AvgIpc) is 2.15. The molecule has 0 aliphatic heterocycles. The van der Waals surface area contributed by atoms with Crippen LogP contribution < -0.4 is 5.14 Å². The highest BCUT2D eigenvalue weighted by Gasteiger charge is 2.18. The molecule has 0 spiro atoms. The molecule has 0 saturated heterocycles. The largest absolute Gasteiger partial charge is 0.378 e. The Labute approximate surface area is 98.6 Å². The first kappa shape index (κ1) is 13.9. The minimum Gasteiger partial charge on any atom is -0.378 e. The second-order valence-electron chi connectivity index (χ2n) is 4.84. The molecule has 1 fully saturated rings. The van der Waals surface area contributed by atoms with Gasteiger partial charge < -0.3 is 4.74 Å². The Balaban J connectivity index is 2.02. The maximum atomic E-state index is 10.7. The summed E-state index contributed by atoms with van der Waals surface area (Å²) in [6, 6.07) is 0. The summed E-state index contributed by atoms with van der Waals surface area (Å²) in [4.78, 5) is 0. The van der Waals surface area contributed by atoms with Crippen LogP contribution in [0.3, 0.4) is 0 Å². The van der Waals surface area contributed by atoms with Crippen LogP contribution in [-0.2, 0) is 14.8 Å². The quantitative estimate of drug-likeness (QED) is 0.728. The van der Waals surface area contributed by atoms with Gasteiger partial charge in [-0.05, 0) is 31.6 Å². The van der Waals surface area contributed by atoms with Crippen LogP contribution in [0.2, 0.25) is 0 Å². The van der Waals surface area contributed by atoms with Crippen molar-refractivity contribution in [3.8, 4) is 0 Å². The highest BCUT2D eigenvalue weighted by molar-refractivity contribution is 7.89. The fourth-order valence-corrected chi connectivity index (χ4v) is 2.79. The predicted molar refractivity (Wildman–Crippen MR) is 64.6 cm³/mol. The van der Waals surface area contributed by atoms with E-state index in [4.69, 9.17) is 9.88 Å². The van der Waals surface area contributed by atoms with Gasteiger partial charge >= 0.3 is 0 Å². The normalized spacial score (nSPS) is 26.9. The molecule has 0 bridgehead atoms. The molecule has 1 saturated carbocycles. The van der Waals surface area contributed by atoms with E-state index in [1.54, 1.807) is 0 Å². The molecule has 2 atom stereocenters. The lowest BCUT2D eigenvalue weighted by molar-refractivity contribution is 0.0143. The van der Waals surface area contributed by atoms with E-state index in [9.17, 15) is 8.42 Å². The molecule has 1 aliphatic carbocycles. The van der Waals surface area contributed by atoms with Gasteiger partial charge in [-0.3, -0.25) is 0 Å². The molecule has 1 aliphatic rings. The van der Waals surface area contributed by atoms with Gasteiger partial charge in [0, 0.05) is 6.61 Å². The second kappa shape index (κ2) is 6.57. The van der Waals surface area contributed by atoms with E-state index in [0.29, 0.717) is 19.1 Å². The van der Waals surface area contributed by atoms with Gasteiger partial charge in [-0.15, -0.1) is 0 Å². The van der Waals surface area contributed by atoms with E-state index < -0.39 is 10.0 Å². The molecular formula is C11H23NO3S. The van der Waals surface area contributed by atoms with E-state index >= 15 is 0 Å². The second-order valence-corrected chi connectivity index (χ2v) is 6.57. The van der Waals surface area contributed by atoms with Crippen LogP contribution >= 0.6 is 0 Å². The molecule has 4 nitrogen and oxygen atoms in total. The number of hydrogen-bond donors (Lipinski definition) is 1. The van der Waals surface area contributed by atoms with Crippen molar-refractivity contribution in [1.29, 1.82) is 0 Å². The highest BCUT2D eigenvalue weighted by Crippen LogP contribution is 2.25. The molecule has 0 radical (unpaired) electrons. The van der Waals surface area contributed by atoms with Gasteiger partial charge in [-0.25, -0.2) is 13.6 Å². The maximum absolute atomic E-state index is 10.7. The van der Waals surface area contributed by atoms with Crippen LogP contribution in [0.1, 0.15) is 45.4 Å². The summed E-state index contributed by atoms with van der Waals surface area (Å²) < 4.78 is 27.1. The molecule has 0 aromatic heterocycles. The Morgan fingerprint density at radius 3 is 2.69 bits per heavy atom. The van der Waals surface area contributed by atoms with Gasteiger partial charge in [-0.1, -0.05) is 19.8 Å². The van der Waals surface area contributed by atoms with Crippen molar-refractivity contribution in [2.75, 3.05) is 12.4 Å². The van der Waals surface area contributed by atoms with Crippen LogP contribution in [0.4, 0.5) is 0 Å². The Hall–Kier alpha value is -0.130. The average molecular weight is 249 g/mol. The van der Waals surface area contributed by atoms with Gasteiger partial charge in [0.25, 0.3) is 0 Å². The van der Waals surface area contributed by atoms with Crippen molar-refractivity contribution < 1.29 is 13.2 Å². The molecule has 5 heteroatoms. The van der Waals surface area contributed by atoms with Gasteiger partial charge in [0.15, 0.2) is 0 Å². The van der Waals surface area contributed by atoms with E-state index in [2.05, 4.69) is 6.92 Å². The number of hydrogen-bond acceptors (Lipinski definition) is 3. The summed E-state index contributed by atoms with van der Waals surface area (Å²) in [6.07, 6.45) is 6.63. The number of ether oxygens (including phenoxy) is 1. The van der Waals surface area contributed by atoms with Crippen molar-refractivity contribution >= 4 is 10.0 Å². The third kappa shape index (κ3) is 6.45. The molecule has 96 valence electrons. The lowest BCUT2D eigenvalue weighted by atomic mass is 9.89. The van der Waals surface area contributed by atoms with Crippen molar-refractivity contribution in [2.24, 2.45) is 11.1 Å². The molecule has 2 unspecified atom stereocenters. The van der Waals surface area contributed by atoms with Crippen molar-refractivity contribution in [3.05, 3.63) is 0 Å². The Kier molecular flexibility index (Phi) is 5.72. The summed E-state index contributed by atoms with van der Waals surface area (Å²) in [5.74, 6) is 0.834. The third-order valence-electron chi connectivity index (χ3n) is 3.07. The van der Waals surface area contributed by atoms with Crippen molar-refractivity contribution in [2.45, 2.75) is 51.6 Å². The van der Waals surface area contributed by atoms with Crippen LogP contribution in [0, 0.1) is 5.92 Å². The van der Waals surface area contributed by atoms with E-state index in [1.807, 2.05) is 0 Å². The third-order valence-corrected chi connectivity index (χ3v) is 3.92. The summed E-state index contributed by atoms with van der Waals surface area (Å²) >= 11 is 0. The maximum Gasteiger partial charge on any atom is 0.209 e. The van der Waals surface area contributed by atoms with Gasteiger partial charge in [0.1, 0.15) is 0 Å². The zero-order chi connectivity index (χ0) is 12.0. The summed E-state index contributed by atoms with van der Waals surface area (Å²) in [7, 11) is -3.29. The number of unbranched alkanes of at least 4 members (excludes halogenated alkanes) is 1. The topological polar surface area (TPSA) is 69.4 Å². The van der Waals surface area contributed by atoms with E-state index in [1.165, 1.54) is 12.8 Å². The molecular weight excluding hydrogens is 226 g/mol. The zero-order valence-corrected chi connectivity index (χ0v) is 10.8. The fraction of sp³-hybridized carbons (Fsp3) is 1.00. The van der Waals surface area contributed by atoms with Crippen molar-refractivity contribution in [1.82, 2.24) is 0 Å². The number of nitrogens with two attached hydrogens (primary N) is 1. The first-order valence-corrected chi connectivity index (χ1v) is 7.81. The first-order valence-electron chi connectivity index (χ1n) is 6.09. The SMILES string of the molecule is CC1CCCC(OCCCCS(N)(=O)=O)C1. The number of rotatable bonds is 6. The minimum atomic E-state index is -3.29. The first-order chi connectivity index (χ1) is 7.47. The Morgan fingerprint density at radius 1 is 1.31 bits per heavy atom. The highest BCUT2D eigenvalue weighted by atomic mass is 32.2. The van der Waals surface area contributed by atoms with Gasteiger partial charge in [0.2, 0.25) is 10.0 Å². The summed E-state index contributed by atoms with van der Waals surface area (Å²) in [5.41, 5.74) is 0. The number of sulfonamides is 1. The monoisotopic (exact) mass is 249 g/mol. The lowest BCUT2D eigenvalue weighted by Crippen LogP contribution is -2.22. The van der Waals surface area contributed by atoms with Crippen LogP contribution in [0.5, 0.6) is 0 Å². The molecule has 0 heterocycles. The number of primary sulfonamides is 1. The lowest BCUT2D eigenvalue weighted by Gasteiger charge is -2.26. The van der Waals surface area contributed by atoms with Gasteiger partial charge in [-0.2, -0.15) is 0 Å². The van der Waals surface area contributed by atoms with Crippen molar-refractivity contribution in [3.63, 3.8) is 0 Å². The van der Waals surface area contributed by atoms with Crippen LogP contribution in [-0.4, -0.2) is 26.9 Å². The molecule has 2 N–H and O–H groups in total. The molecule has 1 rings (SSSR count). The van der Waals surface area contributed by atoms with E-state index in [-0.39, 0.29) is 5.75 Å². The Bertz CT molecular complexity index is 290.